The van der Waals surface area contributed by atoms with Crippen LogP contribution in [-0.4, -0.2) is 36.1 Å². The zero-order valence-corrected chi connectivity index (χ0v) is 14.4. The van der Waals surface area contributed by atoms with Crippen molar-refractivity contribution in [3.05, 3.63) is 46.7 Å². The molecule has 0 spiro atoms. The molecule has 26 heavy (non-hydrogen) atoms. The van der Waals surface area contributed by atoms with Crippen molar-refractivity contribution in [1.82, 2.24) is 9.97 Å². The molecule has 3 heterocycles. The molecule has 2 aromatic heterocycles. The minimum atomic E-state index is -4.47. The maximum atomic E-state index is 12.8. The van der Waals surface area contributed by atoms with E-state index in [4.69, 9.17) is 11.6 Å². The normalized spacial score (nSPS) is 15.5. The Morgan fingerprint density at radius 1 is 1.08 bits per heavy atom. The van der Waals surface area contributed by atoms with E-state index >= 15 is 0 Å². The third kappa shape index (κ3) is 3.83. The van der Waals surface area contributed by atoms with Crippen molar-refractivity contribution in [1.29, 1.82) is 5.26 Å². The van der Waals surface area contributed by atoms with Crippen LogP contribution < -0.4 is 9.80 Å². The van der Waals surface area contributed by atoms with E-state index in [1.54, 1.807) is 18.3 Å². The van der Waals surface area contributed by atoms with E-state index in [0.29, 0.717) is 43.4 Å². The third-order valence-electron chi connectivity index (χ3n) is 4.15. The minimum absolute atomic E-state index is 0.0242. The summed E-state index contributed by atoms with van der Waals surface area (Å²) in [7, 11) is 0. The maximum absolute atomic E-state index is 12.8. The lowest BCUT2D eigenvalue weighted by molar-refractivity contribution is -0.137. The van der Waals surface area contributed by atoms with Gasteiger partial charge in [-0.25, -0.2) is 9.97 Å². The Kier molecular flexibility index (Phi) is 5.18. The summed E-state index contributed by atoms with van der Waals surface area (Å²) in [5, 5.41) is 9.21. The number of nitrogens with zero attached hydrogens (tertiary/aromatic N) is 5. The fourth-order valence-corrected chi connectivity index (χ4v) is 3.18. The van der Waals surface area contributed by atoms with Crippen LogP contribution in [0.1, 0.15) is 17.5 Å². The van der Waals surface area contributed by atoms with Crippen LogP contribution in [0.3, 0.4) is 0 Å². The lowest BCUT2D eigenvalue weighted by Crippen LogP contribution is -2.32. The van der Waals surface area contributed by atoms with Crippen LogP contribution in [0.15, 0.2) is 30.6 Å². The van der Waals surface area contributed by atoms with Gasteiger partial charge in [0.05, 0.1) is 16.1 Å². The number of anilines is 2. The lowest BCUT2D eigenvalue weighted by atomic mass is 10.2. The van der Waals surface area contributed by atoms with Crippen molar-refractivity contribution in [3.8, 4) is 6.07 Å². The predicted octanol–water partition coefficient (Wildman–Crippen LogP) is 3.74. The molecule has 0 radical (unpaired) electrons. The van der Waals surface area contributed by atoms with Crippen LogP contribution in [0.4, 0.5) is 24.8 Å². The van der Waals surface area contributed by atoms with Crippen LogP contribution in [0.25, 0.3) is 0 Å². The summed E-state index contributed by atoms with van der Waals surface area (Å²) in [6.07, 6.45) is -1.30. The molecule has 0 aliphatic carbocycles. The van der Waals surface area contributed by atoms with Gasteiger partial charge >= 0.3 is 6.18 Å². The summed E-state index contributed by atoms with van der Waals surface area (Å²) >= 11 is 6.05. The van der Waals surface area contributed by atoms with Crippen molar-refractivity contribution >= 4 is 23.2 Å². The fraction of sp³-hybridized carbons (Fsp3) is 0.353. The highest BCUT2D eigenvalue weighted by Gasteiger charge is 2.32. The van der Waals surface area contributed by atoms with Gasteiger partial charge in [0.1, 0.15) is 17.7 Å². The van der Waals surface area contributed by atoms with E-state index in [9.17, 15) is 18.4 Å². The summed E-state index contributed by atoms with van der Waals surface area (Å²) in [5.74, 6) is 0.950. The smallest absolute Gasteiger partial charge is 0.354 e. The molecular weight excluding hydrogens is 367 g/mol. The van der Waals surface area contributed by atoms with E-state index < -0.39 is 11.7 Å². The molecule has 1 fully saturated rings. The van der Waals surface area contributed by atoms with Crippen molar-refractivity contribution in [2.45, 2.75) is 12.6 Å². The predicted molar refractivity (Wildman–Crippen MR) is 92.2 cm³/mol. The Labute approximate surface area is 153 Å². The van der Waals surface area contributed by atoms with Crippen LogP contribution >= 0.6 is 11.6 Å². The molecule has 0 amide bonds. The second-order valence-corrected chi connectivity index (χ2v) is 6.25. The number of aromatic nitrogens is 2. The van der Waals surface area contributed by atoms with E-state index in [2.05, 4.69) is 16.0 Å². The van der Waals surface area contributed by atoms with E-state index in [-0.39, 0.29) is 5.02 Å². The molecule has 0 unspecified atom stereocenters. The van der Waals surface area contributed by atoms with Gasteiger partial charge in [-0.2, -0.15) is 18.4 Å². The average molecular weight is 382 g/mol. The highest BCUT2D eigenvalue weighted by molar-refractivity contribution is 6.33. The van der Waals surface area contributed by atoms with Crippen molar-refractivity contribution in [3.63, 3.8) is 0 Å². The molecule has 3 rings (SSSR count). The monoisotopic (exact) mass is 381 g/mol. The Bertz CT molecular complexity index is 834. The number of alkyl halides is 3. The number of hydrogen-bond donors (Lipinski definition) is 0. The topological polar surface area (TPSA) is 56.1 Å². The van der Waals surface area contributed by atoms with Crippen LogP contribution in [-0.2, 0) is 6.18 Å². The highest BCUT2D eigenvalue weighted by Crippen LogP contribution is 2.33. The van der Waals surface area contributed by atoms with E-state index in [1.807, 2.05) is 9.80 Å². The van der Waals surface area contributed by atoms with Gasteiger partial charge < -0.3 is 9.80 Å². The summed E-state index contributed by atoms with van der Waals surface area (Å²) < 4.78 is 38.3. The molecule has 0 aromatic carbocycles. The number of halogens is 4. The molecule has 0 N–H and O–H groups in total. The molecule has 1 aliphatic rings. The first-order valence-electron chi connectivity index (χ1n) is 7.98. The summed E-state index contributed by atoms with van der Waals surface area (Å²) in [5.41, 5.74) is -0.374. The third-order valence-corrected chi connectivity index (χ3v) is 4.43. The quantitative estimate of drug-likeness (QED) is 0.793. The number of nitriles is 1. The van der Waals surface area contributed by atoms with Gasteiger partial charge in [0.15, 0.2) is 0 Å². The number of rotatable bonds is 2. The Balaban J connectivity index is 1.78. The molecule has 0 saturated carbocycles. The standard InChI is InChI=1S/C17H15ClF3N5/c18-14-9-13(17(19,20)21)11-24-16(14)26-6-2-5-25(7-8-26)15-12(10-22)3-1-4-23-15/h1,3-4,9,11H,2,5-8H2. The molecule has 136 valence electrons. The molecule has 1 aliphatic heterocycles. The van der Waals surface area contributed by atoms with Gasteiger partial charge in [-0.15, -0.1) is 0 Å². The molecule has 0 atom stereocenters. The van der Waals surface area contributed by atoms with Crippen LogP contribution in [0.2, 0.25) is 5.02 Å². The summed E-state index contributed by atoms with van der Waals surface area (Å²) in [4.78, 5) is 12.1. The van der Waals surface area contributed by atoms with E-state index in [0.717, 1.165) is 18.7 Å². The number of pyridine rings is 2. The first kappa shape index (κ1) is 18.3. The Morgan fingerprint density at radius 3 is 2.38 bits per heavy atom. The Morgan fingerprint density at radius 2 is 1.77 bits per heavy atom. The van der Waals surface area contributed by atoms with Crippen LogP contribution in [0, 0.1) is 11.3 Å². The molecule has 0 bridgehead atoms. The van der Waals surface area contributed by atoms with Gasteiger partial charge in [0, 0.05) is 38.6 Å². The maximum Gasteiger partial charge on any atom is 0.417 e. The highest BCUT2D eigenvalue weighted by atomic mass is 35.5. The van der Waals surface area contributed by atoms with Gasteiger partial charge in [-0.05, 0) is 24.6 Å². The zero-order valence-electron chi connectivity index (χ0n) is 13.7. The van der Waals surface area contributed by atoms with Crippen molar-refractivity contribution in [2.24, 2.45) is 0 Å². The first-order valence-corrected chi connectivity index (χ1v) is 8.35. The molecule has 5 nitrogen and oxygen atoms in total. The zero-order chi connectivity index (χ0) is 18.7. The van der Waals surface area contributed by atoms with Crippen molar-refractivity contribution < 1.29 is 13.2 Å². The molecule has 9 heteroatoms. The lowest BCUT2D eigenvalue weighted by Gasteiger charge is -2.24. The Hall–Kier alpha value is -2.53. The summed E-state index contributed by atoms with van der Waals surface area (Å²) in [6, 6.07) is 6.44. The fourth-order valence-electron chi connectivity index (χ4n) is 2.90. The first-order chi connectivity index (χ1) is 12.4. The van der Waals surface area contributed by atoms with Gasteiger partial charge in [-0.1, -0.05) is 11.6 Å². The average Bonchev–Trinajstić information content (AvgIpc) is 2.87. The second kappa shape index (κ2) is 7.38. The van der Waals surface area contributed by atoms with Crippen molar-refractivity contribution in [2.75, 3.05) is 36.0 Å². The molecular formula is C17H15ClF3N5. The minimum Gasteiger partial charge on any atom is -0.354 e. The molecule has 1 saturated heterocycles. The van der Waals surface area contributed by atoms with Gasteiger partial charge in [0.25, 0.3) is 0 Å². The van der Waals surface area contributed by atoms with Gasteiger partial charge in [0.2, 0.25) is 0 Å². The number of hydrogen-bond acceptors (Lipinski definition) is 5. The SMILES string of the molecule is N#Cc1cccnc1N1CCCN(c2ncc(C(F)(F)F)cc2Cl)CC1. The van der Waals surface area contributed by atoms with Crippen LogP contribution in [0.5, 0.6) is 0 Å². The van der Waals surface area contributed by atoms with E-state index in [1.165, 1.54) is 0 Å². The molecule has 2 aromatic rings. The summed E-state index contributed by atoms with van der Waals surface area (Å²) in [6.45, 7) is 2.36. The second-order valence-electron chi connectivity index (χ2n) is 5.84. The van der Waals surface area contributed by atoms with Gasteiger partial charge in [-0.3, -0.25) is 0 Å². The largest absolute Gasteiger partial charge is 0.417 e.